The molecule has 4 N–H and O–H groups in total. The molecule has 1 aliphatic heterocycles. The molecule has 3 aromatic rings. The number of nitrogens with one attached hydrogen (secondary N) is 2. The number of anilines is 1. The van der Waals surface area contributed by atoms with Crippen molar-refractivity contribution in [2.24, 2.45) is 5.73 Å². The maximum absolute atomic E-state index is 13.8. The summed E-state index contributed by atoms with van der Waals surface area (Å²) >= 11 is 0. The Labute approximate surface area is 251 Å². The molecular weight excluding hydrogens is 544 g/mol. The van der Waals surface area contributed by atoms with Crippen molar-refractivity contribution in [3.8, 4) is 5.75 Å². The van der Waals surface area contributed by atoms with E-state index in [2.05, 4.69) is 10.6 Å². The molecular formula is C34H38N4O5. The van der Waals surface area contributed by atoms with Crippen LogP contribution in [0.4, 0.5) is 5.69 Å². The zero-order valence-corrected chi connectivity index (χ0v) is 24.4. The van der Waals surface area contributed by atoms with Crippen LogP contribution < -0.4 is 21.1 Å². The number of aryl methyl sites for hydroxylation is 1. The Morgan fingerprint density at radius 1 is 0.930 bits per heavy atom. The second-order valence-electron chi connectivity index (χ2n) is 11.1. The summed E-state index contributed by atoms with van der Waals surface area (Å²) in [6.07, 6.45) is 3.43. The lowest BCUT2D eigenvalue weighted by atomic mass is 9.92. The standard InChI is InChI=1S/C34H38N4O5/c1-43-32-26-13-7-12-22(26)14-15-27(32)36-33(41)28(18-19-35)37-34(42)29-20-24-10-5-6-11-25(24)21-38(29)31(40)17-16-30(39)23-8-3-2-4-9-23/h2-6,8-11,14-15,28-29H,7,12-13,16-21,35H2,1H3,(H,36,41)(H,37,42)/t28-,29-/m0/s1. The zero-order chi connectivity index (χ0) is 30.3. The van der Waals surface area contributed by atoms with Crippen LogP contribution in [-0.2, 0) is 40.2 Å². The zero-order valence-electron chi connectivity index (χ0n) is 24.4. The highest BCUT2D eigenvalue weighted by atomic mass is 16.5. The molecule has 1 aliphatic carbocycles. The maximum atomic E-state index is 13.8. The van der Waals surface area contributed by atoms with Crippen molar-refractivity contribution in [2.45, 2.75) is 63.6 Å². The van der Waals surface area contributed by atoms with Gasteiger partial charge in [0.1, 0.15) is 17.8 Å². The van der Waals surface area contributed by atoms with Gasteiger partial charge in [-0.05, 0) is 60.5 Å². The SMILES string of the molecule is COc1c(NC(=O)[C@H](CCN)NC(=O)[C@@H]2Cc3ccccc3CN2C(=O)CCC(=O)c2ccccc2)ccc2c1CCC2. The minimum atomic E-state index is -0.913. The van der Waals surface area contributed by atoms with E-state index in [0.717, 1.165) is 36.0 Å². The normalized spacial score (nSPS) is 16.0. The third-order valence-corrected chi connectivity index (χ3v) is 8.31. The molecule has 1 heterocycles. The molecule has 2 atom stereocenters. The van der Waals surface area contributed by atoms with E-state index >= 15 is 0 Å². The molecule has 9 heteroatoms. The lowest BCUT2D eigenvalue weighted by molar-refractivity contribution is -0.142. The number of Topliss-reactive ketones (excluding diaryl/α,β-unsaturated/α-hetero) is 1. The van der Waals surface area contributed by atoms with Gasteiger partial charge in [0.25, 0.3) is 0 Å². The fourth-order valence-electron chi connectivity index (χ4n) is 6.04. The van der Waals surface area contributed by atoms with E-state index in [-0.39, 0.29) is 44.0 Å². The topological polar surface area (TPSA) is 131 Å². The molecule has 3 amide bonds. The molecule has 3 aromatic carbocycles. The number of carbonyl (C=O) groups is 4. The van der Waals surface area contributed by atoms with Crippen LogP contribution >= 0.6 is 0 Å². The number of ether oxygens (including phenoxy) is 1. The third-order valence-electron chi connectivity index (χ3n) is 8.31. The van der Waals surface area contributed by atoms with Gasteiger partial charge in [0.05, 0.1) is 12.8 Å². The number of nitrogens with zero attached hydrogens (tertiary/aromatic N) is 1. The first-order valence-electron chi connectivity index (χ1n) is 14.8. The van der Waals surface area contributed by atoms with Gasteiger partial charge >= 0.3 is 0 Å². The van der Waals surface area contributed by atoms with E-state index in [1.54, 1.807) is 31.4 Å². The first-order valence-corrected chi connectivity index (χ1v) is 14.8. The summed E-state index contributed by atoms with van der Waals surface area (Å²) in [6, 6.07) is 18.6. The smallest absolute Gasteiger partial charge is 0.247 e. The Balaban J connectivity index is 1.31. The maximum Gasteiger partial charge on any atom is 0.247 e. The average molecular weight is 583 g/mol. The molecule has 0 bridgehead atoms. The third kappa shape index (κ3) is 6.78. The molecule has 224 valence electrons. The highest BCUT2D eigenvalue weighted by Crippen LogP contribution is 2.37. The van der Waals surface area contributed by atoms with Crippen molar-refractivity contribution in [1.29, 1.82) is 0 Å². The number of rotatable bonds is 11. The quantitative estimate of drug-likeness (QED) is 0.296. The van der Waals surface area contributed by atoms with Crippen LogP contribution in [0, 0.1) is 0 Å². The molecule has 5 rings (SSSR count). The van der Waals surface area contributed by atoms with Crippen molar-refractivity contribution in [3.05, 3.63) is 94.5 Å². The van der Waals surface area contributed by atoms with Crippen molar-refractivity contribution in [2.75, 3.05) is 19.0 Å². The van der Waals surface area contributed by atoms with E-state index < -0.39 is 23.9 Å². The number of benzene rings is 3. The predicted octanol–water partition coefficient (Wildman–Crippen LogP) is 3.57. The highest BCUT2D eigenvalue weighted by molar-refractivity contribution is 6.00. The fourth-order valence-corrected chi connectivity index (χ4v) is 6.04. The summed E-state index contributed by atoms with van der Waals surface area (Å²) in [4.78, 5) is 54.9. The average Bonchev–Trinajstić information content (AvgIpc) is 3.52. The molecule has 0 radical (unpaired) electrons. The Morgan fingerprint density at radius 3 is 2.42 bits per heavy atom. The van der Waals surface area contributed by atoms with Gasteiger partial charge in [0, 0.05) is 31.4 Å². The van der Waals surface area contributed by atoms with Crippen LogP contribution in [-0.4, -0.2) is 54.1 Å². The molecule has 43 heavy (non-hydrogen) atoms. The molecule has 0 unspecified atom stereocenters. The summed E-state index contributed by atoms with van der Waals surface area (Å²) in [5.41, 5.74) is 11.2. The van der Waals surface area contributed by atoms with E-state index in [1.165, 1.54) is 10.5 Å². The number of hydrogen-bond donors (Lipinski definition) is 3. The van der Waals surface area contributed by atoms with E-state index in [4.69, 9.17) is 10.5 Å². The highest BCUT2D eigenvalue weighted by Gasteiger charge is 2.36. The monoisotopic (exact) mass is 582 g/mol. The van der Waals surface area contributed by atoms with Crippen molar-refractivity contribution in [3.63, 3.8) is 0 Å². The minimum Gasteiger partial charge on any atom is -0.494 e. The van der Waals surface area contributed by atoms with E-state index in [9.17, 15) is 19.2 Å². The van der Waals surface area contributed by atoms with Gasteiger partial charge in [-0.2, -0.15) is 0 Å². The molecule has 0 spiro atoms. The van der Waals surface area contributed by atoms with E-state index in [1.807, 2.05) is 42.5 Å². The van der Waals surface area contributed by atoms with Gasteiger partial charge < -0.3 is 26.0 Å². The first kappa shape index (κ1) is 30.0. The fraction of sp³-hybridized carbons (Fsp3) is 0.353. The summed E-state index contributed by atoms with van der Waals surface area (Å²) in [7, 11) is 1.59. The van der Waals surface area contributed by atoms with Crippen LogP contribution in [0.5, 0.6) is 5.75 Å². The summed E-state index contributed by atoms with van der Waals surface area (Å²) in [6.45, 7) is 0.421. The number of carbonyl (C=O) groups excluding carboxylic acids is 4. The van der Waals surface area contributed by atoms with Crippen LogP contribution in [0.2, 0.25) is 0 Å². The molecule has 0 fully saturated rings. The summed E-state index contributed by atoms with van der Waals surface area (Å²) in [5.74, 6) is -0.619. The summed E-state index contributed by atoms with van der Waals surface area (Å²) < 4.78 is 5.65. The van der Waals surface area contributed by atoms with Gasteiger partial charge in [0.2, 0.25) is 17.7 Å². The van der Waals surface area contributed by atoms with Crippen LogP contribution in [0.1, 0.15) is 58.3 Å². The molecule has 2 aliphatic rings. The number of methoxy groups -OCH3 is 1. The summed E-state index contributed by atoms with van der Waals surface area (Å²) in [5, 5.41) is 5.80. The molecule has 9 nitrogen and oxygen atoms in total. The van der Waals surface area contributed by atoms with E-state index in [0.29, 0.717) is 23.4 Å². The van der Waals surface area contributed by atoms with Gasteiger partial charge in [-0.1, -0.05) is 60.7 Å². The van der Waals surface area contributed by atoms with Gasteiger partial charge in [-0.3, -0.25) is 19.2 Å². The van der Waals surface area contributed by atoms with Crippen LogP contribution in [0.15, 0.2) is 66.7 Å². The van der Waals surface area contributed by atoms with Gasteiger partial charge in [-0.15, -0.1) is 0 Å². The second-order valence-corrected chi connectivity index (χ2v) is 11.1. The number of amides is 3. The Hall–Kier alpha value is -4.50. The number of fused-ring (bicyclic) bond motifs is 2. The lowest BCUT2D eigenvalue weighted by Gasteiger charge is -2.36. The largest absolute Gasteiger partial charge is 0.494 e. The Bertz CT molecular complexity index is 1510. The van der Waals surface area contributed by atoms with Crippen molar-refractivity contribution in [1.82, 2.24) is 10.2 Å². The van der Waals surface area contributed by atoms with Gasteiger partial charge in [0.15, 0.2) is 5.78 Å². The lowest BCUT2D eigenvalue weighted by Crippen LogP contribution is -2.56. The first-order chi connectivity index (χ1) is 20.9. The number of hydrogen-bond acceptors (Lipinski definition) is 6. The Kier molecular flexibility index (Phi) is 9.51. The number of nitrogens with two attached hydrogens (primary N) is 1. The predicted molar refractivity (Wildman–Crippen MR) is 164 cm³/mol. The van der Waals surface area contributed by atoms with Crippen LogP contribution in [0.3, 0.4) is 0 Å². The van der Waals surface area contributed by atoms with Crippen LogP contribution in [0.25, 0.3) is 0 Å². The molecule has 0 saturated heterocycles. The van der Waals surface area contributed by atoms with Crippen molar-refractivity contribution < 1.29 is 23.9 Å². The number of ketones is 1. The van der Waals surface area contributed by atoms with Gasteiger partial charge in [-0.25, -0.2) is 0 Å². The Morgan fingerprint density at radius 2 is 1.67 bits per heavy atom. The molecule has 0 saturated carbocycles. The molecule has 0 aromatic heterocycles. The second kappa shape index (κ2) is 13.6. The minimum absolute atomic E-state index is 0.0233. The van der Waals surface area contributed by atoms with Crippen molar-refractivity contribution >= 4 is 29.2 Å².